The lowest BCUT2D eigenvalue weighted by atomic mass is 10.3. The molecular formula is C11H10N6O3. The minimum absolute atomic E-state index is 0.0252. The molecule has 0 amide bonds. The van der Waals surface area contributed by atoms with Crippen LogP contribution in [0, 0.1) is 10.1 Å². The van der Waals surface area contributed by atoms with Crippen LogP contribution in [0.3, 0.4) is 0 Å². The molecular weight excluding hydrogens is 264 g/mol. The maximum absolute atomic E-state index is 10.7. The van der Waals surface area contributed by atoms with Crippen LogP contribution in [0.25, 0.3) is 11.1 Å². The number of nitro groups is 1. The Labute approximate surface area is 112 Å². The highest BCUT2D eigenvalue weighted by Gasteiger charge is 2.11. The minimum Gasteiger partial charge on any atom is -0.423 e. The zero-order valence-corrected chi connectivity index (χ0v) is 10.3. The molecule has 0 aliphatic rings. The first kappa shape index (κ1) is 12.1. The van der Waals surface area contributed by atoms with E-state index in [9.17, 15) is 10.1 Å². The van der Waals surface area contributed by atoms with Crippen LogP contribution in [0.2, 0.25) is 0 Å². The molecule has 0 spiro atoms. The summed E-state index contributed by atoms with van der Waals surface area (Å²) in [5.74, 6) is 0. The molecule has 0 atom stereocenters. The van der Waals surface area contributed by atoms with Gasteiger partial charge in [-0.3, -0.25) is 14.8 Å². The Morgan fingerprint density at radius 3 is 3.10 bits per heavy atom. The minimum atomic E-state index is -0.472. The van der Waals surface area contributed by atoms with E-state index in [1.54, 1.807) is 23.1 Å². The molecule has 0 fully saturated rings. The molecule has 0 bridgehead atoms. The number of anilines is 1. The third-order valence-electron chi connectivity index (χ3n) is 2.67. The van der Waals surface area contributed by atoms with Gasteiger partial charge >= 0.3 is 0 Å². The molecule has 1 aromatic carbocycles. The maximum atomic E-state index is 10.7. The van der Waals surface area contributed by atoms with E-state index >= 15 is 0 Å². The van der Waals surface area contributed by atoms with Crippen LogP contribution >= 0.6 is 0 Å². The van der Waals surface area contributed by atoms with E-state index in [1.165, 1.54) is 12.1 Å². The predicted octanol–water partition coefficient (Wildman–Crippen LogP) is 1.44. The lowest BCUT2D eigenvalue weighted by Gasteiger charge is -2.00. The average Bonchev–Trinajstić information content (AvgIpc) is 3.06. The van der Waals surface area contributed by atoms with Gasteiger partial charge in [-0.15, -0.1) is 5.10 Å². The highest BCUT2D eigenvalue weighted by atomic mass is 16.6. The summed E-state index contributed by atoms with van der Waals surface area (Å²) in [4.78, 5) is 14.4. The van der Waals surface area contributed by atoms with Crippen molar-refractivity contribution in [3.63, 3.8) is 0 Å². The van der Waals surface area contributed by atoms with Crippen LogP contribution in [0.5, 0.6) is 0 Å². The van der Waals surface area contributed by atoms with Crippen molar-refractivity contribution in [2.45, 2.75) is 6.54 Å². The number of nitrogens with zero attached hydrogens (tertiary/aromatic N) is 5. The van der Waals surface area contributed by atoms with E-state index in [4.69, 9.17) is 4.42 Å². The van der Waals surface area contributed by atoms with Crippen molar-refractivity contribution < 1.29 is 9.34 Å². The first-order valence-electron chi connectivity index (χ1n) is 5.85. The normalized spacial score (nSPS) is 10.8. The van der Waals surface area contributed by atoms with Gasteiger partial charge in [0.2, 0.25) is 0 Å². The summed E-state index contributed by atoms with van der Waals surface area (Å²) < 4.78 is 7.07. The second-order valence-corrected chi connectivity index (χ2v) is 4.02. The van der Waals surface area contributed by atoms with Gasteiger partial charge in [0, 0.05) is 18.8 Å². The monoisotopic (exact) mass is 274 g/mol. The molecule has 3 aromatic rings. The number of benzene rings is 1. The number of hydrogen-bond donors (Lipinski definition) is 1. The fraction of sp³-hybridized carbons (Fsp3) is 0.182. The predicted molar refractivity (Wildman–Crippen MR) is 69.2 cm³/mol. The van der Waals surface area contributed by atoms with Crippen molar-refractivity contribution in [1.29, 1.82) is 0 Å². The molecule has 2 aromatic heterocycles. The van der Waals surface area contributed by atoms with Crippen molar-refractivity contribution in [2.75, 3.05) is 11.9 Å². The molecule has 0 radical (unpaired) electrons. The fourth-order valence-electron chi connectivity index (χ4n) is 1.73. The fourth-order valence-corrected chi connectivity index (χ4v) is 1.73. The summed E-state index contributed by atoms with van der Waals surface area (Å²) in [6.45, 7) is 1.16. The van der Waals surface area contributed by atoms with Gasteiger partial charge in [0.15, 0.2) is 5.58 Å². The van der Waals surface area contributed by atoms with E-state index in [-0.39, 0.29) is 5.69 Å². The molecule has 9 nitrogen and oxygen atoms in total. The number of nitro benzene ring substituents is 1. The number of oxazole rings is 1. The summed E-state index contributed by atoms with van der Waals surface area (Å²) in [5.41, 5.74) is 0.920. The van der Waals surface area contributed by atoms with Crippen LogP contribution in [0.4, 0.5) is 11.7 Å². The number of hydrogen-bond acceptors (Lipinski definition) is 7. The van der Waals surface area contributed by atoms with Gasteiger partial charge in [-0.25, -0.2) is 0 Å². The van der Waals surface area contributed by atoms with Crippen LogP contribution in [-0.2, 0) is 6.54 Å². The Balaban J connectivity index is 1.70. The molecule has 0 aliphatic carbocycles. The Hall–Kier alpha value is -2.97. The third-order valence-corrected chi connectivity index (χ3v) is 2.67. The summed E-state index contributed by atoms with van der Waals surface area (Å²) in [7, 11) is 0. The molecule has 0 saturated carbocycles. The largest absolute Gasteiger partial charge is 0.423 e. The van der Waals surface area contributed by atoms with Gasteiger partial charge in [-0.05, 0) is 6.07 Å². The van der Waals surface area contributed by atoms with Gasteiger partial charge in [0.25, 0.3) is 11.7 Å². The number of fused-ring (bicyclic) bond motifs is 1. The highest BCUT2D eigenvalue weighted by molar-refractivity contribution is 5.77. The third kappa shape index (κ3) is 2.41. The maximum Gasteiger partial charge on any atom is 0.295 e. The second-order valence-electron chi connectivity index (χ2n) is 4.02. The molecule has 0 saturated heterocycles. The van der Waals surface area contributed by atoms with Crippen molar-refractivity contribution in [2.24, 2.45) is 0 Å². The average molecular weight is 274 g/mol. The summed E-state index contributed by atoms with van der Waals surface area (Å²) in [5, 5.41) is 21.2. The summed E-state index contributed by atoms with van der Waals surface area (Å²) >= 11 is 0. The number of aromatic nitrogens is 4. The van der Waals surface area contributed by atoms with Crippen LogP contribution in [0.15, 0.2) is 35.0 Å². The number of rotatable bonds is 5. The highest BCUT2D eigenvalue weighted by Crippen LogP contribution is 2.23. The van der Waals surface area contributed by atoms with Crippen molar-refractivity contribution >= 4 is 22.8 Å². The topological polar surface area (TPSA) is 112 Å². The first-order valence-corrected chi connectivity index (χ1v) is 5.85. The number of nitrogens with one attached hydrogen (secondary N) is 1. The lowest BCUT2D eigenvalue weighted by molar-refractivity contribution is -0.384. The molecule has 0 unspecified atom stereocenters. The first-order chi connectivity index (χ1) is 9.72. The second kappa shape index (κ2) is 4.96. The molecule has 2 heterocycles. The summed E-state index contributed by atoms with van der Waals surface area (Å²) in [6.07, 6.45) is 3.34. The van der Waals surface area contributed by atoms with Gasteiger partial charge in [-0.2, -0.15) is 4.98 Å². The quantitative estimate of drug-likeness (QED) is 0.553. The van der Waals surface area contributed by atoms with Gasteiger partial charge in [-0.1, -0.05) is 5.21 Å². The smallest absolute Gasteiger partial charge is 0.295 e. The molecule has 3 rings (SSSR count). The van der Waals surface area contributed by atoms with Crippen molar-refractivity contribution in [3.8, 4) is 0 Å². The zero-order chi connectivity index (χ0) is 13.9. The molecule has 102 valence electrons. The van der Waals surface area contributed by atoms with Crippen LogP contribution in [-0.4, -0.2) is 31.4 Å². The van der Waals surface area contributed by atoms with Gasteiger partial charge in [0.05, 0.1) is 23.7 Å². The van der Waals surface area contributed by atoms with E-state index < -0.39 is 4.92 Å². The molecule has 20 heavy (non-hydrogen) atoms. The SMILES string of the molecule is O=[N+]([O-])c1ccc2nc(NCCn3ccnn3)oc2c1. The van der Waals surface area contributed by atoms with E-state index in [0.29, 0.717) is 30.2 Å². The Kier molecular flexibility index (Phi) is 2.99. The molecule has 0 aliphatic heterocycles. The Bertz CT molecular complexity index is 736. The van der Waals surface area contributed by atoms with Crippen molar-refractivity contribution in [1.82, 2.24) is 20.0 Å². The molecule has 1 N–H and O–H groups in total. The molecule has 9 heteroatoms. The van der Waals surface area contributed by atoms with E-state index in [0.717, 1.165) is 0 Å². The van der Waals surface area contributed by atoms with Crippen LogP contribution in [0.1, 0.15) is 0 Å². The number of non-ortho nitro benzene ring substituents is 1. The Morgan fingerprint density at radius 1 is 1.45 bits per heavy atom. The van der Waals surface area contributed by atoms with E-state index in [2.05, 4.69) is 20.6 Å². The van der Waals surface area contributed by atoms with Crippen LogP contribution < -0.4 is 5.32 Å². The lowest BCUT2D eigenvalue weighted by Crippen LogP contribution is -2.11. The standard InChI is InChI=1S/C11H10N6O3/c18-17(19)8-1-2-9-10(7-8)20-11(14-9)12-3-5-16-6-4-13-15-16/h1-2,4,6-7H,3,5H2,(H,12,14). The van der Waals surface area contributed by atoms with Gasteiger partial charge < -0.3 is 9.73 Å². The Morgan fingerprint density at radius 2 is 2.35 bits per heavy atom. The summed E-state index contributed by atoms with van der Waals surface area (Å²) in [6, 6.07) is 4.62. The van der Waals surface area contributed by atoms with Crippen molar-refractivity contribution in [3.05, 3.63) is 40.7 Å². The van der Waals surface area contributed by atoms with E-state index in [1.807, 2.05) is 0 Å². The van der Waals surface area contributed by atoms with Gasteiger partial charge in [0.1, 0.15) is 5.52 Å². The zero-order valence-electron chi connectivity index (χ0n) is 10.3.